The molecule has 23 heavy (non-hydrogen) atoms. The van der Waals surface area contributed by atoms with Gasteiger partial charge in [0.25, 0.3) is 0 Å². The van der Waals surface area contributed by atoms with Gasteiger partial charge in [0.1, 0.15) is 13.2 Å². The summed E-state index contributed by atoms with van der Waals surface area (Å²) in [5.74, 6) is 1.77. The van der Waals surface area contributed by atoms with Crippen LogP contribution >= 0.6 is 0 Å². The summed E-state index contributed by atoms with van der Waals surface area (Å²) in [6.07, 6.45) is 1.31. The zero-order chi connectivity index (χ0) is 16.2. The van der Waals surface area contributed by atoms with Gasteiger partial charge in [0.15, 0.2) is 11.5 Å². The van der Waals surface area contributed by atoms with Crippen LogP contribution in [0.15, 0.2) is 18.2 Å². The second-order valence-corrected chi connectivity index (χ2v) is 6.03. The van der Waals surface area contributed by atoms with Crippen molar-refractivity contribution in [1.29, 1.82) is 0 Å². The number of fused-ring (bicyclic) bond motifs is 1. The van der Waals surface area contributed by atoms with Gasteiger partial charge in [-0.2, -0.15) is 0 Å². The highest BCUT2D eigenvalue weighted by molar-refractivity contribution is 5.77. The first kappa shape index (κ1) is 15.6. The summed E-state index contributed by atoms with van der Waals surface area (Å²) in [6, 6.07) is 5.88. The maximum Gasteiger partial charge on any atom is 0.223 e. The average molecular weight is 318 g/mol. The first-order chi connectivity index (χ1) is 11.2. The third kappa shape index (κ3) is 3.57. The Bertz CT molecular complexity index is 582. The molecule has 0 saturated carbocycles. The lowest BCUT2D eigenvalue weighted by Gasteiger charge is -2.33. The third-order valence-corrected chi connectivity index (χ3v) is 4.43. The highest BCUT2D eigenvalue weighted by Gasteiger charge is 2.23. The van der Waals surface area contributed by atoms with Gasteiger partial charge in [0.05, 0.1) is 0 Å². The molecule has 0 bridgehead atoms. The van der Waals surface area contributed by atoms with Crippen molar-refractivity contribution in [2.75, 3.05) is 39.4 Å². The molecular formula is C17H22N2O4. The number of ether oxygens (including phenoxy) is 2. The van der Waals surface area contributed by atoms with Crippen LogP contribution in [0.25, 0.3) is 0 Å². The molecule has 6 nitrogen and oxygen atoms in total. The largest absolute Gasteiger partial charge is 0.486 e. The van der Waals surface area contributed by atoms with Crippen LogP contribution in [-0.4, -0.2) is 61.5 Å². The van der Waals surface area contributed by atoms with Crippen LogP contribution in [-0.2, 0) is 9.59 Å². The van der Waals surface area contributed by atoms with Crippen LogP contribution < -0.4 is 9.47 Å². The normalized spacial score (nSPS) is 18.5. The molecule has 1 aromatic carbocycles. The van der Waals surface area contributed by atoms with E-state index in [-0.39, 0.29) is 11.8 Å². The van der Waals surface area contributed by atoms with E-state index in [4.69, 9.17) is 9.47 Å². The van der Waals surface area contributed by atoms with Crippen molar-refractivity contribution in [3.05, 3.63) is 23.8 Å². The first-order valence-electron chi connectivity index (χ1n) is 8.04. The van der Waals surface area contributed by atoms with Gasteiger partial charge in [0.2, 0.25) is 12.3 Å². The Hall–Kier alpha value is -2.24. The minimum absolute atomic E-state index is 0.113. The third-order valence-electron chi connectivity index (χ3n) is 4.43. The Labute approximate surface area is 136 Å². The number of piperazine rings is 1. The molecule has 1 saturated heterocycles. The SMILES string of the molecule is CC(CC(=O)N1CCN(C=O)CC1)c1ccc2c(c1)OCCO2. The second-order valence-electron chi connectivity index (χ2n) is 6.03. The summed E-state index contributed by atoms with van der Waals surface area (Å²) >= 11 is 0. The molecule has 1 fully saturated rings. The average Bonchev–Trinajstić information content (AvgIpc) is 2.61. The van der Waals surface area contributed by atoms with E-state index in [9.17, 15) is 9.59 Å². The molecule has 0 aromatic heterocycles. The molecule has 0 aliphatic carbocycles. The van der Waals surface area contributed by atoms with E-state index in [2.05, 4.69) is 0 Å². The van der Waals surface area contributed by atoms with Crippen molar-refractivity contribution >= 4 is 12.3 Å². The lowest BCUT2D eigenvalue weighted by molar-refractivity contribution is -0.135. The molecule has 6 heteroatoms. The van der Waals surface area contributed by atoms with E-state index in [1.54, 1.807) is 4.90 Å². The first-order valence-corrected chi connectivity index (χ1v) is 8.04. The molecule has 2 aliphatic heterocycles. The number of carbonyl (C=O) groups excluding carboxylic acids is 2. The van der Waals surface area contributed by atoms with Crippen molar-refractivity contribution in [2.24, 2.45) is 0 Å². The van der Waals surface area contributed by atoms with Gasteiger partial charge in [-0.1, -0.05) is 13.0 Å². The Morgan fingerprint density at radius 3 is 2.57 bits per heavy atom. The lowest BCUT2D eigenvalue weighted by atomic mass is 9.96. The van der Waals surface area contributed by atoms with Crippen molar-refractivity contribution in [3.8, 4) is 11.5 Å². The van der Waals surface area contributed by atoms with Crippen molar-refractivity contribution in [2.45, 2.75) is 19.3 Å². The van der Waals surface area contributed by atoms with Crippen LogP contribution in [0.1, 0.15) is 24.8 Å². The van der Waals surface area contributed by atoms with E-state index < -0.39 is 0 Å². The fourth-order valence-electron chi connectivity index (χ4n) is 2.95. The molecule has 1 unspecified atom stereocenters. The standard InChI is InChI=1S/C17H22N2O4/c1-13(10-17(21)19-6-4-18(12-20)5-7-19)14-2-3-15-16(11-14)23-9-8-22-15/h2-3,11-13H,4-10H2,1H3. The van der Waals surface area contributed by atoms with Crippen molar-refractivity contribution in [3.63, 3.8) is 0 Å². The van der Waals surface area contributed by atoms with Crippen LogP contribution in [0.2, 0.25) is 0 Å². The van der Waals surface area contributed by atoms with E-state index in [0.29, 0.717) is 45.8 Å². The number of amides is 2. The zero-order valence-electron chi connectivity index (χ0n) is 13.4. The van der Waals surface area contributed by atoms with E-state index in [0.717, 1.165) is 23.5 Å². The molecule has 1 aromatic rings. The minimum Gasteiger partial charge on any atom is -0.486 e. The number of rotatable bonds is 4. The Kier molecular flexibility index (Phi) is 4.69. The quantitative estimate of drug-likeness (QED) is 0.784. The molecule has 0 spiro atoms. The Morgan fingerprint density at radius 2 is 1.87 bits per heavy atom. The summed E-state index contributed by atoms with van der Waals surface area (Å²) in [7, 11) is 0. The number of hydrogen-bond donors (Lipinski definition) is 0. The molecule has 0 N–H and O–H groups in total. The molecular weight excluding hydrogens is 296 g/mol. The summed E-state index contributed by atoms with van der Waals surface area (Å²) < 4.78 is 11.1. The predicted molar refractivity (Wildman–Crippen MR) is 84.7 cm³/mol. The summed E-state index contributed by atoms with van der Waals surface area (Å²) in [4.78, 5) is 26.7. The van der Waals surface area contributed by atoms with E-state index in [1.807, 2.05) is 30.0 Å². The zero-order valence-corrected chi connectivity index (χ0v) is 13.4. The number of nitrogens with zero attached hydrogens (tertiary/aromatic N) is 2. The van der Waals surface area contributed by atoms with Crippen LogP contribution in [0.5, 0.6) is 11.5 Å². The van der Waals surface area contributed by atoms with E-state index >= 15 is 0 Å². The smallest absolute Gasteiger partial charge is 0.223 e. The van der Waals surface area contributed by atoms with Crippen LogP contribution in [0.4, 0.5) is 0 Å². The minimum atomic E-state index is 0.113. The van der Waals surface area contributed by atoms with Gasteiger partial charge in [-0.25, -0.2) is 0 Å². The monoisotopic (exact) mass is 318 g/mol. The van der Waals surface area contributed by atoms with Crippen LogP contribution in [0.3, 0.4) is 0 Å². The topological polar surface area (TPSA) is 59.1 Å². The Balaban J connectivity index is 1.59. The molecule has 1 atom stereocenters. The molecule has 2 amide bonds. The van der Waals surface area contributed by atoms with Gasteiger partial charge >= 0.3 is 0 Å². The molecule has 124 valence electrons. The lowest BCUT2D eigenvalue weighted by Crippen LogP contribution is -2.48. The Morgan fingerprint density at radius 1 is 1.17 bits per heavy atom. The highest BCUT2D eigenvalue weighted by Crippen LogP contribution is 2.34. The van der Waals surface area contributed by atoms with Gasteiger partial charge in [0, 0.05) is 32.6 Å². The van der Waals surface area contributed by atoms with E-state index in [1.165, 1.54) is 0 Å². The van der Waals surface area contributed by atoms with Gasteiger partial charge in [-0.15, -0.1) is 0 Å². The van der Waals surface area contributed by atoms with Gasteiger partial charge in [-0.05, 0) is 23.6 Å². The highest BCUT2D eigenvalue weighted by atomic mass is 16.6. The maximum absolute atomic E-state index is 12.4. The summed E-state index contributed by atoms with van der Waals surface area (Å²) in [5, 5.41) is 0. The fraction of sp³-hybridized carbons (Fsp3) is 0.529. The predicted octanol–water partition coefficient (Wildman–Crippen LogP) is 1.25. The number of hydrogen-bond acceptors (Lipinski definition) is 4. The summed E-state index contributed by atoms with van der Waals surface area (Å²) in [6.45, 7) is 5.65. The van der Waals surface area contributed by atoms with Gasteiger partial charge < -0.3 is 19.3 Å². The maximum atomic E-state index is 12.4. The molecule has 2 aliphatic rings. The van der Waals surface area contributed by atoms with Gasteiger partial charge in [-0.3, -0.25) is 9.59 Å². The summed E-state index contributed by atoms with van der Waals surface area (Å²) in [5.41, 5.74) is 1.08. The van der Waals surface area contributed by atoms with Crippen molar-refractivity contribution < 1.29 is 19.1 Å². The van der Waals surface area contributed by atoms with Crippen LogP contribution in [0, 0.1) is 0 Å². The number of benzene rings is 1. The molecule has 2 heterocycles. The molecule has 0 radical (unpaired) electrons. The fourth-order valence-corrected chi connectivity index (χ4v) is 2.95. The number of carbonyl (C=O) groups is 2. The second kappa shape index (κ2) is 6.89. The van der Waals surface area contributed by atoms with Crippen molar-refractivity contribution in [1.82, 2.24) is 9.80 Å². The molecule has 3 rings (SSSR count).